The van der Waals surface area contributed by atoms with Crippen LogP contribution >= 0.6 is 0 Å². The van der Waals surface area contributed by atoms with E-state index in [4.69, 9.17) is 9.47 Å². The second-order valence-corrected chi connectivity index (χ2v) is 7.33. The number of benzene rings is 1. The Morgan fingerprint density at radius 1 is 1.38 bits per heavy atom. The topological polar surface area (TPSA) is 89.9 Å². The lowest BCUT2D eigenvalue weighted by atomic mass is 9.85. The number of aliphatic hydroxyl groups excluding tert-OH is 1. The number of methoxy groups -OCH3 is 1. The molecule has 0 aliphatic carbocycles. The van der Waals surface area contributed by atoms with Crippen LogP contribution in [0.4, 0.5) is 13.2 Å². The summed E-state index contributed by atoms with van der Waals surface area (Å²) in [5.74, 6) is -0.514. The number of ether oxygens (including phenoxy) is 3. The van der Waals surface area contributed by atoms with Gasteiger partial charge in [0.05, 0.1) is 24.4 Å². The summed E-state index contributed by atoms with van der Waals surface area (Å²) in [4.78, 5) is 16.2. The fraction of sp³-hybridized carbons (Fsp3) is 0.474. The first-order valence-corrected chi connectivity index (χ1v) is 8.99. The van der Waals surface area contributed by atoms with Gasteiger partial charge in [-0.1, -0.05) is 0 Å². The first kappa shape index (κ1) is 19.7. The van der Waals surface area contributed by atoms with Crippen molar-refractivity contribution in [1.29, 1.82) is 0 Å². The molecule has 3 heterocycles. The minimum Gasteiger partial charge on any atom is -0.483 e. The van der Waals surface area contributed by atoms with Gasteiger partial charge in [0.1, 0.15) is 23.1 Å². The molecule has 4 rings (SSSR count). The number of esters is 1. The summed E-state index contributed by atoms with van der Waals surface area (Å²) in [7, 11) is 1.29. The van der Waals surface area contributed by atoms with Crippen molar-refractivity contribution in [3.8, 4) is 11.5 Å². The van der Waals surface area contributed by atoms with Crippen LogP contribution in [0.5, 0.6) is 11.5 Å². The number of halogens is 3. The predicted octanol–water partition coefficient (Wildman–Crippen LogP) is 2.53. The number of fused-ring (bicyclic) bond motifs is 3. The van der Waals surface area contributed by atoms with Crippen molar-refractivity contribution < 1.29 is 37.3 Å². The number of rotatable bonds is 2. The normalized spacial score (nSPS) is 26.3. The zero-order valence-corrected chi connectivity index (χ0v) is 15.7. The van der Waals surface area contributed by atoms with Crippen molar-refractivity contribution in [2.24, 2.45) is 0 Å². The Morgan fingerprint density at radius 3 is 2.83 bits per heavy atom. The average Bonchev–Trinajstić information content (AvgIpc) is 3.03. The maximum atomic E-state index is 12.6. The lowest BCUT2D eigenvalue weighted by molar-refractivity contribution is -0.274. The fourth-order valence-corrected chi connectivity index (χ4v) is 4.11. The summed E-state index contributed by atoms with van der Waals surface area (Å²) in [6, 6.07) is 3.22. The fourth-order valence-electron chi connectivity index (χ4n) is 4.11. The van der Waals surface area contributed by atoms with E-state index in [0.717, 1.165) is 0 Å². The van der Waals surface area contributed by atoms with E-state index < -0.39 is 35.8 Å². The van der Waals surface area contributed by atoms with Gasteiger partial charge in [0.2, 0.25) is 0 Å². The molecule has 2 N–H and O–H groups in total. The highest BCUT2D eigenvalue weighted by Crippen LogP contribution is 2.47. The van der Waals surface area contributed by atoms with Crippen molar-refractivity contribution in [3.05, 3.63) is 29.5 Å². The molecule has 156 valence electrons. The third-order valence-electron chi connectivity index (χ3n) is 5.30. The molecule has 0 bridgehead atoms. The van der Waals surface area contributed by atoms with Gasteiger partial charge >= 0.3 is 12.3 Å². The lowest BCUT2D eigenvalue weighted by Crippen LogP contribution is -2.43. The average molecular weight is 412 g/mol. The molecule has 1 saturated heterocycles. The highest BCUT2D eigenvalue weighted by molar-refractivity contribution is 5.87. The van der Waals surface area contributed by atoms with Crippen LogP contribution in [0, 0.1) is 6.92 Å². The Kier molecular flexibility index (Phi) is 4.58. The Balaban J connectivity index is 1.75. The van der Waals surface area contributed by atoms with Crippen LogP contribution in [0.1, 0.15) is 30.2 Å². The SMILES string of the molecule is COC(=O)C1CC2(CN1)CC(O)c1c(c(C)nc3ccc(OC(F)(F)F)cc13)O2. The molecular formula is C19H19F3N2O5. The van der Waals surface area contributed by atoms with Crippen LogP contribution in [0.25, 0.3) is 10.9 Å². The summed E-state index contributed by atoms with van der Waals surface area (Å²) in [5.41, 5.74) is 0.445. The van der Waals surface area contributed by atoms with Crippen LogP contribution in [0.15, 0.2) is 18.2 Å². The Labute approximate surface area is 163 Å². The molecule has 1 aromatic heterocycles. The molecule has 7 nitrogen and oxygen atoms in total. The van der Waals surface area contributed by atoms with Crippen molar-refractivity contribution in [3.63, 3.8) is 0 Å². The minimum absolute atomic E-state index is 0.170. The van der Waals surface area contributed by atoms with Crippen LogP contribution in [0.3, 0.4) is 0 Å². The van der Waals surface area contributed by atoms with E-state index >= 15 is 0 Å². The number of aryl methyl sites for hydroxylation is 1. The van der Waals surface area contributed by atoms with Crippen molar-refractivity contribution in [1.82, 2.24) is 10.3 Å². The van der Waals surface area contributed by atoms with Gasteiger partial charge in [-0.3, -0.25) is 4.79 Å². The lowest BCUT2D eigenvalue weighted by Gasteiger charge is -2.38. The van der Waals surface area contributed by atoms with E-state index in [0.29, 0.717) is 40.9 Å². The van der Waals surface area contributed by atoms with Crippen LogP contribution in [0.2, 0.25) is 0 Å². The van der Waals surface area contributed by atoms with Gasteiger partial charge in [0.15, 0.2) is 0 Å². The smallest absolute Gasteiger partial charge is 0.483 e. The molecule has 2 aliphatic heterocycles. The van der Waals surface area contributed by atoms with E-state index in [9.17, 15) is 23.1 Å². The van der Waals surface area contributed by atoms with E-state index in [-0.39, 0.29) is 6.42 Å². The molecule has 0 radical (unpaired) electrons. The van der Waals surface area contributed by atoms with Gasteiger partial charge in [0.25, 0.3) is 0 Å². The third kappa shape index (κ3) is 3.58. The number of carbonyl (C=O) groups is 1. The summed E-state index contributed by atoms with van der Waals surface area (Å²) in [5, 5.41) is 14.3. The van der Waals surface area contributed by atoms with E-state index in [1.165, 1.54) is 25.3 Å². The first-order chi connectivity index (χ1) is 13.6. The van der Waals surface area contributed by atoms with E-state index in [2.05, 4.69) is 15.0 Å². The van der Waals surface area contributed by atoms with Crippen LogP contribution in [-0.2, 0) is 9.53 Å². The number of hydrogen-bond donors (Lipinski definition) is 2. The molecule has 3 atom stereocenters. The number of alkyl halides is 3. The highest BCUT2D eigenvalue weighted by Gasteiger charge is 2.49. The summed E-state index contributed by atoms with van der Waals surface area (Å²) >= 11 is 0. The molecule has 2 aliphatic rings. The molecule has 0 saturated carbocycles. The van der Waals surface area contributed by atoms with Gasteiger partial charge in [0, 0.05) is 30.3 Å². The number of nitrogens with zero attached hydrogens (tertiary/aromatic N) is 1. The summed E-state index contributed by atoms with van der Waals surface area (Å²) in [6.45, 7) is 2.02. The zero-order chi connectivity index (χ0) is 21.0. The Morgan fingerprint density at radius 2 is 2.14 bits per heavy atom. The first-order valence-electron chi connectivity index (χ1n) is 8.99. The van der Waals surface area contributed by atoms with E-state index in [1.807, 2.05) is 0 Å². The summed E-state index contributed by atoms with van der Waals surface area (Å²) < 4.78 is 52.7. The number of aromatic nitrogens is 1. The number of hydrogen-bond acceptors (Lipinski definition) is 7. The predicted molar refractivity (Wildman–Crippen MR) is 94.5 cm³/mol. The molecule has 10 heteroatoms. The molecule has 1 spiro atoms. The van der Waals surface area contributed by atoms with Crippen molar-refractivity contribution in [2.45, 2.75) is 43.9 Å². The quantitative estimate of drug-likeness (QED) is 0.733. The monoisotopic (exact) mass is 412 g/mol. The van der Waals surface area contributed by atoms with Crippen LogP contribution in [-0.4, -0.2) is 47.7 Å². The molecule has 0 amide bonds. The van der Waals surface area contributed by atoms with Crippen molar-refractivity contribution >= 4 is 16.9 Å². The third-order valence-corrected chi connectivity index (χ3v) is 5.30. The largest absolute Gasteiger partial charge is 0.573 e. The van der Waals surface area contributed by atoms with Gasteiger partial charge < -0.3 is 24.6 Å². The second kappa shape index (κ2) is 6.74. The van der Waals surface area contributed by atoms with Gasteiger partial charge in [-0.05, 0) is 25.1 Å². The molecule has 1 fully saturated rings. The molecule has 29 heavy (non-hydrogen) atoms. The molecular weight excluding hydrogens is 393 g/mol. The molecule has 1 aromatic carbocycles. The second-order valence-electron chi connectivity index (χ2n) is 7.33. The maximum Gasteiger partial charge on any atom is 0.573 e. The Bertz CT molecular complexity index is 980. The van der Waals surface area contributed by atoms with Gasteiger partial charge in [-0.15, -0.1) is 13.2 Å². The zero-order valence-electron chi connectivity index (χ0n) is 15.7. The number of aliphatic hydroxyl groups is 1. The maximum absolute atomic E-state index is 12.6. The van der Waals surface area contributed by atoms with Gasteiger partial charge in [-0.25, -0.2) is 4.98 Å². The minimum atomic E-state index is -4.83. The van der Waals surface area contributed by atoms with Crippen molar-refractivity contribution in [2.75, 3.05) is 13.7 Å². The van der Waals surface area contributed by atoms with E-state index in [1.54, 1.807) is 6.92 Å². The number of nitrogens with one attached hydrogen (secondary N) is 1. The standard InChI is InChI=1S/C19H19F3N2O5/c1-9-16-15(11-5-10(28-19(20,21)22)3-4-12(11)24-9)14(25)7-18(29-16)6-13(23-8-18)17(26)27-2/h3-5,13-14,23,25H,6-8H2,1-2H3. The highest BCUT2D eigenvalue weighted by atomic mass is 19.4. The Hall–Kier alpha value is -2.59. The van der Waals surface area contributed by atoms with Crippen LogP contribution < -0.4 is 14.8 Å². The number of carbonyl (C=O) groups excluding carboxylic acids is 1. The van der Waals surface area contributed by atoms with Gasteiger partial charge in [-0.2, -0.15) is 0 Å². The molecule has 3 unspecified atom stereocenters. The number of pyridine rings is 1. The molecule has 2 aromatic rings. The summed E-state index contributed by atoms with van der Waals surface area (Å²) in [6.07, 6.45) is -5.38.